The Labute approximate surface area is 125 Å². The van der Waals surface area contributed by atoms with Crippen molar-refractivity contribution in [3.05, 3.63) is 35.9 Å². The quantitative estimate of drug-likeness (QED) is 0.840. The van der Waals surface area contributed by atoms with E-state index in [1.165, 1.54) is 6.07 Å². The van der Waals surface area contributed by atoms with Crippen LogP contribution in [0.4, 0.5) is 0 Å². The first kappa shape index (κ1) is 14.4. The van der Waals surface area contributed by atoms with Crippen molar-refractivity contribution in [2.24, 2.45) is 5.92 Å². The fraction of sp³-hybridized carbons (Fsp3) is 0.529. The van der Waals surface area contributed by atoms with Crippen molar-refractivity contribution >= 4 is 0 Å². The maximum absolute atomic E-state index is 9.56. The SMILES string of the molecule is C/C=C/C1C[C@@H]2OC(C)(Cc3cc(O)cc(O)c3)O[C@@H]2C1. The standard InChI is InChI=1S/C17H22O4/c1-3-4-11-7-15-16(8-11)21-17(2,20-15)10-12-5-13(18)9-14(19)6-12/h3-6,9,11,15-16,18-19H,7-8,10H2,1-2H3/b4-3+/t11?,15-,16+,17?. The van der Waals surface area contributed by atoms with E-state index in [0.717, 1.165) is 18.4 Å². The molecule has 114 valence electrons. The number of ether oxygens (including phenoxy) is 2. The molecule has 1 aromatic rings. The van der Waals surface area contributed by atoms with Gasteiger partial charge in [0, 0.05) is 12.5 Å². The summed E-state index contributed by atoms with van der Waals surface area (Å²) in [5, 5.41) is 19.1. The summed E-state index contributed by atoms with van der Waals surface area (Å²) in [5.41, 5.74) is 0.806. The molecule has 4 heteroatoms. The van der Waals surface area contributed by atoms with Gasteiger partial charge < -0.3 is 19.7 Å². The Morgan fingerprint density at radius 2 is 1.71 bits per heavy atom. The summed E-state index contributed by atoms with van der Waals surface area (Å²) in [5.74, 6) is -0.0320. The van der Waals surface area contributed by atoms with Gasteiger partial charge in [0.2, 0.25) is 0 Å². The minimum atomic E-state index is -0.684. The second kappa shape index (κ2) is 5.35. The summed E-state index contributed by atoms with van der Waals surface area (Å²) in [6.45, 7) is 3.96. The third-order valence-corrected chi connectivity index (χ3v) is 4.24. The van der Waals surface area contributed by atoms with Crippen LogP contribution in [0.15, 0.2) is 30.4 Å². The van der Waals surface area contributed by atoms with Crippen molar-refractivity contribution in [2.45, 2.75) is 51.1 Å². The third kappa shape index (κ3) is 3.06. The lowest BCUT2D eigenvalue weighted by molar-refractivity contribution is -0.166. The molecule has 2 aliphatic rings. The number of rotatable bonds is 3. The fourth-order valence-electron chi connectivity index (χ4n) is 3.55. The van der Waals surface area contributed by atoms with Crippen LogP contribution in [0.1, 0.15) is 32.3 Å². The van der Waals surface area contributed by atoms with Crippen molar-refractivity contribution in [3.8, 4) is 11.5 Å². The van der Waals surface area contributed by atoms with Gasteiger partial charge in [-0.25, -0.2) is 0 Å². The first-order valence-corrected chi connectivity index (χ1v) is 7.48. The Kier molecular flexibility index (Phi) is 3.68. The molecule has 4 atom stereocenters. The number of hydrogen-bond donors (Lipinski definition) is 2. The van der Waals surface area contributed by atoms with Crippen LogP contribution in [0.2, 0.25) is 0 Å². The van der Waals surface area contributed by atoms with E-state index in [1.807, 2.05) is 13.8 Å². The topological polar surface area (TPSA) is 58.9 Å². The fourth-order valence-corrected chi connectivity index (χ4v) is 3.55. The summed E-state index contributed by atoms with van der Waals surface area (Å²) in [6, 6.07) is 4.58. The lowest BCUT2D eigenvalue weighted by atomic mass is 10.0. The minimum absolute atomic E-state index is 0.0555. The highest BCUT2D eigenvalue weighted by atomic mass is 16.8. The number of phenolic OH excluding ortho intramolecular Hbond substituents is 2. The maximum Gasteiger partial charge on any atom is 0.170 e. The van der Waals surface area contributed by atoms with E-state index in [-0.39, 0.29) is 23.7 Å². The molecule has 0 amide bonds. The van der Waals surface area contributed by atoms with Crippen LogP contribution in [0.25, 0.3) is 0 Å². The molecule has 1 aliphatic carbocycles. The smallest absolute Gasteiger partial charge is 0.170 e. The number of allylic oxidation sites excluding steroid dienone is 2. The van der Waals surface area contributed by atoms with Crippen molar-refractivity contribution in [2.75, 3.05) is 0 Å². The Morgan fingerprint density at radius 3 is 2.24 bits per heavy atom. The predicted octanol–water partition coefficient (Wildman–Crippen LogP) is 3.13. The van der Waals surface area contributed by atoms with Gasteiger partial charge in [-0.3, -0.25) is 0 Å². The predicted molar refractivity (Wildman–Crippen MR) is 79.2 cm³/mol. The van der Waals surface area contributed by atoms with Gasteiger partial charge in [-0.05, 0) is 50.3 Å². The first-order chi connectivity index (χ1) is 9.97. The Morgan fingerprint density at radius 1 is 1.14 bits per heavy atom. The van der Waals surface area contributed by atoms with Gasteiger partial charge in [-0.1, -0.05) is 12.2 Å². The Hall–Kier alpha value is -1.52. The average molecular weight is 290 g/mol. The van der Waals surface area contributed by atoms with E-state index < -0.39 is 5.79 Å². The zero-order chi connectivity index (χ0) is 15.0. The number of aromatic hydroxyl groups is 2. The zero-order valence-electron chi connectivity index (χ0n) is 12.5. The second-order valence-electron chi connectivity index (χ2n) is 6.24. The molecule has 0 radical (unpaired) electrons. The molecule has 1 heterocycles. The summed E-state index contributed by atoms with van der Waals surface area (Å²) in [6.07, 6.45) is 7.09. The molecule has 1 saturated heterocycles. The van der Waals surface area contributed by atoms with Gasteiger partial charge in [0.25, 0.3) is 0 Å². The van der Waals surface area contributed by atoms with Crippen molar-refractivity contribution < 1.29 is 19.7 Å². The molecule has 1 saturated carbocycles. The molecule has 2 unspecified atom stereocenters. The number of fused-ring (bicyclic) bond motifs is 1. The van der Waals surface area contributed by atoms with Gasteiger partial charge in [-0.2, -0.15) is 0 Å². The molecule has 21 heavy (non-hydrogen) atoms. The normalized spacial score (nSPS) is 35.4. The van der Waals surface area contributed by atoms with E-state index in [9.17, 15) is 10.2 Å². The minimum Gasteiger partial charge on any atom is -0.508 e. The summed E-state index contributed by atoms with van der Waals surface area (Å²) >= 11 is 0. The van der Waals surface area contributed by atoms with Gasteiger partial charge in [0.15, 0.2) is 5.79 Å². The van der Waals surface area contributed by atoms with Gasteiger partial charge in [-0.15, -0.1) is 0 Å². The van der Waals surface area contributed by atoms with Crippen molar-refractivity contribution in [1.29, 1.82) is 0 Å². The van der Waals surface area contributed by atoms with Gasteiger partial charge in [0.1, 0.15) is 11.5 Å². The van der Waals surface area contributed by atoms with Crippen LogP contribution in [0.3, 0.4) is 0 Å². The van der Waals surface area contributed by atoms with Crippen LogP contribution in [0.5, 0.6) is 11.5 Å². The number of hydrogen-bond acceptors (Lipinski definition) is 4. The Balaban J connectivity index is 1.68. The maximum atomic E-state index is 9.56. The summed E-state index contributed by atoms with van der Waals surface area (Å²) in [7, 11) is 0. The number of phenols is 2. The third-order valence-electron chi connectivity index (χ3n) is 4.24. The van der Waals surface area contributed by atoms with Crippen LogP contribution < -0.4 is 0 Å². The summed E-state index contributed by atoms with van der Waals surface area (Å²) < 4.78 is 12.2. The zero-order valence-corrected chi connectivity index (χ0v) is 12.5. The molecule has 1 aromatic carbocycles. The van der Waals surface area contributed by atoms with Crippen LogP contribution in [0, 0.1) is 5.92 Å². The molecule has 0 bridgehead atoms. The lowest BCUT2D eigenvalue weighted by Gasteiger charge is -2.25. The van der Waals surface area contributed by atoms with Crippen LogP contribution in [-0.2, 0) is 15.9 Å². The molecule has 2 N–H and O–H groups in total. The second-order valence-corrected chi connectivity index (χ2v) is 6.24. The van der Waals surface area contributed by atoms with E-state index in [2.05, 4.69) is 12.2 Å². The molecule has 3 rings (SSSR count). The van der Waals surface area contributed by atoms with E-state index in [1.54, 1.807) is 12.1 Å². The highest BCUT2D eigenvalue weighted by Gasteiger charge is 2.48. The number of benzene rings is 1. The van der Waals surface area contributed by atoms with Gasteiger partial charge >= 0.3 is 0 Å². The summed E-state index contributed by atoms with van der Waals surface area (Å²) in [4.78, 5) is 0. The molecule has 0 spiro atoms. The molecule has 0 aromatic heterocycles. The van der Waals surface area contributed by atoms with E-state index in [0.29, 0.717) is 12.3 Å². The molecule has 1 aliphatic heterocycles. The first-order valence-electron chi connectivity index (χ1n) is 7.48. The van der Waals surface area contributed by atoms with Crippen LogP contribution >= 0.6 is 0 Å². The van der Waals surface area contributed by atoms with E-state index >= 15 is 0 Å². The molecular weight excluding hydrogens is 268 g/mol. The van der Waals surface area contributed by atoms with Gasteiger partial charge in [0.05, 0.1) is 12.2 Å². The molecule has 4 nitrogen and oxygen atoms in total. The highest BCUT2D eigenvalue weighted by Crippen LogP contribution is 2.43. The monoisotopic (exact) mass is 290 g/mol. The van der Waals surface area contributed by atoms with E-state index in [4.69, 9.17) is 9.47 Å². The molecule has 2 fully saturated rings. The highest BCUT2D eigenvalue weighted by molar-refractivity contribution is 5.37. The molecular formula is C17H22O4. The Bertz CT molecular complexity index is 517. The average Bonchev–Trinajstić information content (AvgIpc) is 2.81. The van der Waals surface area contributed by atoms with Crippen molar-refractivity contribution in [1.82, 2.24) is 0 Å². The van der Waals surface area contributed by atoms with Crippen molar-refractivity contribution in [3.63, 3.8) is 0 Å². The van der Waals surface area contributed by atoms with Crippen LogP contribution in [-0.4, -0.2) is 28.2 Å². The largest absolute Gasteiger partial charge is 0.508 e. The lowest BCUT2D eigenvalue weighted by Crippen LogP contribution is -2.30.